The van der Waals surface area contributed by atoms with Crippen LogP contribution in [0.3, 0.4) is 0 Å². The summed E-state index contributed by atoms with van der Waals surface area (Å²) in [5.41, 5.74) is 20.8. The van der Waals surface area contributed by atoms with Gasteiger partial charge in [0.2, 0.25) is 5.91 Å². The van der Waals surface area contributed by atoms with Crippen LogP contribution in [0.15, 0.2) is 0 Å². The zero-order valence-electron chi connectivity index (χ0n) is 14.4. The summed E-state index contributed by atoms with van der Waals surface area (Å²) in [7, 11) is 0. The molecule has 0 aromatic rings. The van der Waals surface area contributed by atoms with E-state index in [9.17, 15) is 34.8 Å². The molecule has 14 heteroatoms. The first-order chi connectivity index (χ1) is 12.4. The number of hydrogen-bond donors (Lipinski definition) is 11. The summed E-state index contributed by atoms with van der Waals surface area (Å²) >= 11 is 0. The van der Waals surface area contributed by atoms with Crippen molar-refractivity contribution in [2.75, 3.05) is 13.2 Å². The Labute approximate surface area is 154 Å². The van der Waals surface area contributed by atoms with E-state index in [1.165, 1.54) is 0 Å². The topological polar surface area (TPSA) is 280 Å². The third-order valence-corrected chi connectivity index (χ3v) is 3.76. The van der Waals surface area contributed by atoms with Gasteiger partial charge in [0.1, 0.15) is 12.1 Å². The van der Waals surface area contributed by atoms with Crippen LogP contribution in [0.5, 0.6) is 0 Å². The van der Waals surface area contributed by atoms with E-state index in [0.29, 0.717) is 0 Å². The van der Waals surface area contributed by atoms with E-state index in [-0.39, 0.29) is 0 Å². The molecular weight excluding hydrogens is 368 g/mol. The van der Waals surface area contributed by atoms with Crippen LogP contribution in [-0.2, 0) is 9.59 Å². The van der Waals surface area contributed by atoms with Crippen LogP contribution in [0.25, 0.3) is 0 Å². The zero-order chi connectivity index (χ0) is 21.3. The fraction of sp³-hybridized carbons (Fsp3) is 0.769. The van der Waals surface area contributed by atoms with E-state index < -0.39 is 80.0 Å². The number of carbonyl (C=O) groups excluding carboxylic acids is 3. The Hall–Kier alpha value is -2.07. The molecule has 0 radical (unpaired) electrons. The molecule has 158 valence electrons. The minimum absolute atomic E-state index is 0.444. The second-order valence-corrected chi connectivity index (χ2v) is 5.94. The van der Waals surface area contributed by atoms with Crippen molar-refractivity contribution in [1.29, 1.82) is 0 Å². The quantitative estimate of drug-likeness (QED) is 0.148. The van der Waals surface area contributed by atoms with Gasteiger partial charge in [0, 0.05) is 13.0 Å². The largest absolute Gasteiger partial charge is 0.395 e. The standard InChI is InChI=1S/C13H28N6O8/c14-4(3-20)6(21)1-7(22)8(15)9(23)10(24)12(26)19-5(11(16)25)2-18-13(17)27/h4-10,20-24H,1-3,14-15H2,(H2,16,25)(H,19,26)(H3,17,18,27)/t4-,5-,6+,7+,8+,9+,10-/m1/s1. The van der Waals surface area contributed by atoms with Gasteiger partial charge in [-0.15, -0.1) is 0 Å². The van der Waals surface area contributed by atoms with Crippen LogP contribution in [-0.4, -0.2) is 99.1 Å². The molecule has 0 aliphatic rings. The second-order valence-electron chi connectivity index (χ2n) is 5.94. The van der Waals surface area contributed by atoms with Gasteiger partial charge in [-0.25, -0.2) is 4.79 Å². The van der Waals surface area contributed by atoms with E-state index in [4.69, 9.17) is 28.0 Å². The van der Waals surface area contributed by atoms with Crippen molar-refractivity contribution in [3.8, 4) is 0 Å². The van der Waals surface area contributed by atoms with Crippen molar-refractivity contribution in [3.63, 3.8) is 0 Å². The molecule has 27 heavy (non-hydrogen) atoms. The molecule has 0 heterocycles. The number of nitrogens with two attached hydrogens (primary N) is 4. The molecule has 0 aromatic heterocycles. The molecule has 0 aromatic carbocycles. The van der Waals surface area contributed by atoms with Gasteiger partial charge in [0.15, 0.2) is 6.10 Å². The number of urea groups is 1. The second kappa shape index (κ2) is 11.6. The lowest BCUT2D eigenvalue weighted by Crippen LogP contribution is -2.59. The number of hydrogen-bond acceptors (Lipinski definition) is 10. The smallest absolute Gasteiger partial charge is 0.312 e. The third-order valence-electron chi connectivity index (χ3n) is 3.76. The summed E-state index contributed by atoms with van der Waals surface area (Å²) < 4.78 is 0. The maximum atomic E-state index is 11.9. The third kappa shape index (κ3) is 8.44. The predicted molar refractivity (Wildman–Crippen MR) is 90.4 cm³/mol. The lowest BCUT2D eigenvalue weighted by atomic mass is 9.94. The van der Waals surface area contributed by atoms with Crippen LogP contribution < -0.4 is 33.6 Å². The number of aliphatic hydroxyl groups is 5. The first kappa shape index (κ1) is 24.9. The minimum Gasteiger partial charge on any atom is -0.395 e. The number of amides is 4. The lowest BCUT2D eigenvalue weighted by molar-refractivity contribution is -0.140. The summed E-state index contributed by atoms with van der Waals surface area (Å²) in [6.07, 6.45) is -7.54. The number of carbonyl (C=O) groups is 3. The van der Waals surface area contributed by atoms with Crippen molar-refractivity contribution in [3.05, 3.63) is 0 Å². The maximum absolute atomic E-state index is 11.9. The summed E-state index contributed by atoms with van der Waals surface area (Å²) in [5, 5.41) is 52.2. The summed E-state index contributed by atoms with van der Waals surface area (Å²) in [6.45, 7) is -1.02. The van der Waals surface area contributed by atoms with Gasteiger partial charge in [-0.3, -0.25) is 9.59 Å². The van der Waals surface area contributed by atoms with Gasteiger partial charge >= 0.3 is 6.03 Å². The van der Waals surface area contributed by atoms with Crippen LogP contribution in [0.1, 0.15) is 6.42 Å². The molecule has 0 aliphatic carbocycles. The van der Waals surface area contributed by atoms with Gasteiger partial charge in [-0.05, 0) is 0 Å². The summed E-state index contributed by atoms with van der Waals surface area (Å²) in [4.78, 5) is 33.8. The molecule has 15 N–H and O–H groups in total. The highest BCUT2D eigenvalue weighted by Crippen LogP contribution is 2.10. The number of rotatable bonds is 12. The van der Waals surface area contributed by atoms with Gasteiger partial charge < -0.3 is 59.1 Å². The average Bonchev–Trinajstić information content (AvgIpc) is 2.61. The molecule has 0 rings (SSSR count). The first-order valence-electron chi connectivity index (χ1n) is 7.89. The lowest BCUT2D eigenvalue weighted by Gasteiger charge is -2.29. The maximum Gasteiger partial charge on any atom is 0.312 e. The van der Waals surface area contributed by atoms with Crippen LogP contribution in [0.2, 0.25) is 0 Å². The molecule has 0 fully saturated rings. The molecule has 14 nitrogen and oxygen atoms in total. The fourth-order valence-electron chi connectivity index (χ4n) is 1.98. The van der Waals surface area contributed by atoms with Gasteiger partial charge in [0.05, 0.1) is 30.9 Å². The molecular formula is C13H28N6O8. The number of primary amides is 2. The Morgan fingerprint density at radius 2 is 1.52 bits per heavy atom. The minimum atomic E-state index is -2.17. The Bertz CT molecular complexity index is 509. The fourth-order valence-corrected chi connectivity index (χ4v) is 1.98. The number of nitrogens with one attached hydrogen (secondary N) is 2. The van der Waals surface area contributed by atoms with E-state index in [0.717, 1.165) is 0 Å². The highest BCUT2D eigenvalue weighted by Gasteiger charge is 2.35. The van der Waals surface area contributed by atoms with Crippen molar-refractivity contribution in [2.24, 2.45) is 22.9 Å². The van der Waals surface area contributed by atoms with Gasteiger partial charge in [-0.1, -0.05) is 0 Å². The van der Waals surface area contributed by atoms with E-state index in [1.807, 2.05) is 10.6 Å². The molecule has 0 unspecified atom stereocenters. The summed E-state index contributed by atoms with van der Waals surface area (Å²) in [6, 6.07) is -5.06. The van der Waals surface area contributed by atoms with Crippen molar-refractivity contribution >= 4 is 17.8 Å². The summed E-state index contributed by atoms with van der Waals surface area (Å²) in [5.74, 6) is -2.31. The SMILES string of the molecule is NC(=O)NC[C@@H](NC(=O)[C@H](O)[C@@H](O)[C@@H](N)[C@@H](O)C[C@H](O)[C@H](N)CO)C(N)=O. The molecule has 0 bridgehead atoms. The Morgan fingerprint density at radius 3 is 1.96 bits per heavy atom. The average molecular weight is 396 g/mol. The highest BCUT2D eigenvalue weighted by molar-refractivity contribution is 5.89. The van der Waals surface area contributed by atoms with Crippen molar-refractivity contribution in [1.82, 2.24) is 10.6 Å². The predicted octanol–water partition coefficient (Wildman–Crippen LogP) is -6.89. The molecule has 4 amide bonds. The highest BCUT2D eigenvalue weighted by atomic mass is 16.3. The van der Waals surface area contributed by atoms with E-state index in [2.05, 4.69) is 0 Å². The Balaban J connectivity index is 4.82. The van der Waals surface area contributed by atoms with Crippen LogP contribution in [0.4, 0.5) is 4.79 Å². The van der Waals surface area contributed by atoms with E-state index in [1.54, 1.807) is 0 Å². The Morgan fingerprint density at radius 1 is 0.963 bits per heavy atom. The van der Waals surface area contributed by atoms with Gasteiger partial charge in [-0.2, -0.15) is 0 Å². The molecule has 7 atom stereocenters. The van der Waals surface area contributed by atoms with Crippen LogP contribution >= 0.6 is 0 Å². The first-order valence-corrected chi connectivity index (χ1v) is 7.89. The molecule has 0 saturated heterocycles. The molecule has 0 aliphatic heterocycles. The molecule has 0 spiro atoms. The normalized spacial score (nSPS) is 19.1. The Kier molecular flexibility index (Phi) is 10.7. The van der Waals surface area contributed by atoms with Crippen LogP contribution in [0, 0.1) is 0 Å². The van der Waals surface area contributed by atoms with Gasteiger partial charge in [0.25, 0.3) is 5.91 Å². The number of aliphatic hydroxyl groups excluding tert-OH is 5. The zero-order valence-corrected chi connectivity index (χ0v) is 14.4. The monoisotopic (exact) mass is 396 g/mol. The molecule has 0 saturated carbocycles. The van der Waals surface area contributed by atoms with Crippen molar-refractivity contribution < 1.29 is 39.9 Å². The van der Waals surface area contributed by atoms with Crippen molar-refractivity contribution in [2.45, 2.75) is 49.0 Å². The van der Waals surface area contributed by atoms with E-state index >= 15 is 0 Å².